The lowest BCUT2D eigenvalue weighted by Gasteiger charge is -2.21. The first kappa shape index (κ1) is 20.9. The lowest BCUT2D eigenvalue weighted by Crippen LogP contribution is -2.37. The fourth-order valence-corrected chi connectivity index (χ4v) is 3.34. The molecule has 0 N–H and O–H groups in total. The molecule has 3 aromatic rings. The van der Waals surface area contributed by atoms with Gasteiger partial charge in [-0.15, -0.1) is 10.2 Å². The van der Waals surface area contributed by atoms with Crippen LogP contribution in [0.1, 0.15) is 6.92 Å². The molecule has 0 bridgehead atoms. The van der Waals surface area contributed by atoms with E-state index in [-0.39, 0.29) is 35.9 Å². The minimum Gasteiger partial charge on any atom is -0.465 e. The van der Waals surface area contributed by atoms with E-state index in [0.717, 1.165) is 11.8 Å². The van der Waals surface area contributed by atoms with Crippen LogP contribution in [-0.2, 0) is 14.3 Å². The number of para-hydroxylation sites is 1. The molecule has 0 unspecified atom stereocenters. The third-order valence-corrected chi connectivity index (χ3v) is 4.92. The second-order valence-corrected chi connectivity index (χ2v) is 7.10. The molecule has 29 heavy (non-hydrogen) atoms. The monoisotopic (exact) mass is 431 g/mol. The Balaban J connectivity index is 1.69. The number of rotatable bonds is 8. The number of amides is 1. The molecule has 0 aliphatic heterocycles. The van der Waals surface area contributed by atoms with Crippen molar-refractivity contribution in [1.82, 2.24) is 10.2 Å². The first-order chi connectivity index (χ1) is 14.1. The highest BCUT2D eigenvalue weighted by Crippen LogP contribution is 2.29. The lowest BCUT2D eigenvalue weighted by molar-refractivity contribution is -0.142. The summed E-state index contributed by atoms with van der Waals surface area (Å²) < 4.78 is 10.6. The van der Waals surface area contributed by atoms with Crippen molar-refractivity contribution >= 4 is 40.9 Å². The van der Waals surface area contributed by atoms with E-state index in [2.05, 4.69) is 10.2 Å². The van der Waals surface area contributed by atoms with Gasteiger partial charge >= 0.3 is 5.97 Å². The van der Waals surface area contributed by atoms with Gasteiger partial charge in [-0.3, -0.25) is 9.59 Å². The van der Waals surface area contributed by atoms with Gasteiger partial charge in [0.1, 0.15) is 6.54 Å². The second-order valence-electron chi connectivity index (χ2n) is 5.76. The van der Waals surface area contributed by atoms with Crippen LogP contribution in [0, 0.1) is 0 Å². The molecule has 3 rings (SSSR count). The predicted octanol–water partition coefficient (Wildman–Crippen LogP) is 4.08. The molecule has 150 valence electrons. The summed E-state index contributed by atoms with van der Waals surface area (Å²) in [5.74, 6) is -0.476. The van der Waals surface area contributed by atoms with Gasteiger partial charge < -0.3 is 14.1 Å². The van der Waals surface area contributed by atoms with Crippen LogP contribution in [-0.4, -0.2) is 41.0 Å². The second kappa shape index (κ2) is 10.1. The molecule has 2 aromatic carbocycles. The highest BCUT2D eigenvalue weighted by atomic mass is 35.5. The van der Waals surface area contributed by atoms with Gasteiger partial charge in [-0.1, -0.05) is 53.7 Å². The topological polar surface area (TPSA) is 85.5 Å². The van der Waals surface area contributed by atoms with Crippen LogP contribution in [0.4, 0.5) is 5.69 Å². The number of carbonyl (C=O) groups is 2. The number of anilines is 1. The minimum atomic E-state index is -0.478. The van der Waals surface area contributed by atoms with Crippen molar-refractivity contribution in [3.63, 3.8) is 0 Å². The Hall–Kier alpha value is -2.84. The lowest BCUT2D eigenvalue weighted by atomic mass is 10.2. The molecule has 9 heteroatoms. The summed E-state index contributed by atoms with van der Waals surface area (Å²) in [7, 11) is 0. The number of esters is 1. The third-order valence-electron chi connectivity index (χ3n) is 3.79. The Morgan fingerprint density at radius 2 is 1.83 bits per heavy atom. The highest BCUT2D eigenvalue weighted by molar-refractivity contribution is 7.99. The molecule has 0 saturated heterocycles. The number of ether oxygens (including phenoxy) is 1. The molecule has 0 radical (unpaired) electrons. The first-order valence-electron chi connectivity index (χ1n) is 8.80. The van der Waals surface area contributed by atoms with E-state index in [9.17, 15) is 9.59 Å². The van der Waals surface area contributed by atoms with Crippen molar-refractivity contribution in [3.8, 4) is 11.5 Å². The van der Waals surface area contributed by atoms with E-state index >= 15 is 0 Å². The molecule has 0 spiro atoms. The average molecular weight is 432 g/mol. The first-order valence-corrected chi connectivity index (χ1v) is 10.2. The van der Waals surface area contributed by atoms with Gasteiger partial charge in [0.05, 0.1) is 22.9 Å². The van der Waals surface area contributed by atoms with Crippen LogP contribution < -0.4 is 4.90 Å². The summed E-state index contributed by atoms with van der Waals surface area (Å²) >= 11 is 7.23. The minimum absolute atomic E-state index is 0.0124. The van der Waals surface area contributed by atoms with Crippen LogP contribution in [0.25, 0.3) is 11.5 Å². The number of hydrogen-bond acceptors (Lipinski definition) is 7. The molecule has 7 nitrogen and oxygen atoms in total. The van der Waals surface area contributed by atoms with Gasteiger partial charge in [0.2, 0.25) is 11.8 Å². The maximum absolute atomic E-state index is 12.8. The van der Waals surface area contributed by atoms with E-state index in [1.54, 1.807) is 49.4 Å². The smallest absolute Gasteiger partial charge is 0.326 e. The van der Waals surface area contributed by atoms with E-state index in [0.29, 0.717) is 16.3 Å². The SMILES string of the molecule is CCOC(=O)CN(C(=O)CSc1nnc(-c2ccccc2Cl)o1)c1ccccc1. The molecule has 1 aromatic heterocycles. The number of hydrogen-bond donors (Lipinski definition) is 0. The molecule has 0 fully saturated rings. The van der Waals surface area contributed by atoms with Crippen molar-refractivity contribution in [1.29, 1.82) is 0 Å². The third kappa shape index (κ3) is 5.58. The zero-order valence-electron chi connectivity index (χ0n) is 15.6. The quantitative estimate of drug-likeness (QED) is 0.392. The van der Waals surface area contributed by atoms with Crippen molar-refractivity contribution in [2.24, 2.45) is 0 Å². The summed E-state index contributed by atoms with van der Waals surface area (Å²) in [6.07, 6.45) is 0. The Morgan fingerprint density at radius 3 is 2.55 bits per heavy atom. The Morgan fingerprint density at radius 1 is 1.10 bits per heavy atom. The molecule has 1 amide bonds. The van der Waals surface area contributed by atoms with Crippen LogP contribution >= 0.6 is 23.4 Å². The van der Waals surface area contributed by atoms with Gasteiger partial charge in [0.25, 0.3) is 5.22 Å². The van der Waals surface area contributed by atoms with Crippen LogP contribution in [0.5, 0.6) is 0 Å². The molecule has 0 atom stereocenters. The standard InChI is InChI=1S/C20H18ClN3O4S/c1-2-27-18(26)12-24(14-8-4-3-5-9-14)17(25)13-29-20-23-22-19(28-20)15-10-6-7-11-16(15)21/h3-11H,2,12-13H2,1H3. The van der Waals surface area contributed by atoms with Crippen LogP contribution in [0.3, 0.4) is 0 Å². The molecule has 0 saturated carbocycles. The van der Waals surface area contributed by atoms with Crippen molar-refractivity contribution < 1.29 is 18.7 Å². The van der Waals surface area contributed by atoms with Gasteiger partial charge in [0.15, 0.2) is 0 Å². The number of thioether (sulfide) groups is 1. The van der Waals surface area contributed by atoms with Gasteiger partial charge in [-0.2, -0.15) is 0 Å². The largest absolute Gasteiger partial charge is 0.465 e. The summed E-state index contributed by atoms with van der Waals surface area (Å²) in [5, 5.41) is 8.66. The molecular formula is C20H18ClN3O4S. The number of carbonyl (C=O) groups excluding carboxylic acids is 2. The van der Waals surface area contributed by atoms with E-state index in [1.807, 2.05) is 12.1 Å². The van der Waals surface area contributed by atoms with Gasteiger partial charge in [-0.25, -0.2) is 0 Å². The van der Waals surface area contributed by atoms with Crippen LogP contribution in [0.2, 0.25) is 5.02 Å². The number of benzene rings is 2. The fraction of sp³-hybridized carbons (Fsp3) is 0.200. The maximum atomic E-state index is 12.8. The highest BCUT2D eigenvalue weighted by Gasteiger charge is 2.21. The molecule has 1 heterocycles. The predicted molar refractivity (Wildman–Crippen MR) is 111 cm³/mol. The van der Waals surface area contributed by atoms with E-state index < -0.39 is 5.97 Å². The summed E-state index contributed by atoms with van der Waals surface area (Å²) in [4.78, 5) is 26.1. The maximum Gasteiger partial charge on any atom is 0.326 e. The molecular weight excluding hydrogens is 414 g/mol. The zero-order valence-corrected chi connectivity index (χ0v) is 17.2. The van der Waals surface area contributed by atoms with Crippen molar-refractivity contribution in [3.05, 3.63) is 59.6 Å². The Kier molecular flexibility index (Phi) is 7.26. The number of halogens is 1. The normalized spacial score (nSPS) is 10.6. The Labute approximate surface area is 177 Å². The molecule has 0 aliphatic rings. The summed E-state index contributed by atoms with van der Waals surface area (Å²) in [5.41, 5.74) is 1.22. The van der Waals surface area contributed by atoms with E-state index in [1.165, 1.54) is 4.90 Å². The number of aromatic nitrogens is 2. The fourth-order valence-electron chi connectivity index (χ4n) is 2.48. The van der Waals surface area contributed by atoms with Gasteiger partial charge in [0, 0.05) is 5.69 Å². The number of nitrogens with zero attached hydrogens (tertiary/aromatic N) is 3. The molecule has 0 aliphatic carbocycles. The van der Waals surface area contributed by atoms with Crippen molar-refractivity contribution in [2.45, 2.75) is 12.1 Å². The summed E-state index contributed by atoms with van der Waals surface area (Å²) in [6, 6.07) is 16.0. The summed E-state index contributed by atoms with van der Waals surface area (Å²) in [6.45, 7) is 1.79. The van der Waals surface area contributed by atoms with Crippen LogP contribution in [0.15, 0.2) is 64.2 Å². The van der Waals surface area contributed by atoms with Crippen molar-refractivity contribution in [2.75, 3.05) is 23.8 Å². The average Bonchev–Trinajstić information content (AvgIpc) is 3.20. The van der Waals surface area contributed by atoms with E-state index in [4.69, 9.17) is 20.8 Å². The Bertz CT molecular complexity index is 981. The van der Waals surface area contributed by atoms with Gasteiger partial charge in [-0.05, 0) is 31.2 Å². The zero-order chi connectivity index (χ0) is 20.6.